The van der Waals surface area contributed by atoms with E-state index in [2.05, 4.69) is 26.2 Å². The first kappa shape index (κ1) is 21.2. The van der Waals surface area contributed by atoms with Crippen molar-refractivity contribution in [2.75, 3.05) is 0 Å². The van der Waals surface area contributed by atoms with Crippen molar-refractivity contribution < 1.29 is 24.5 Å². The van der Waals surface area contributed by atoms with Crippen molar-refractivity contribution in [2.24, 2.45) is 0 Å². The summed E-state index contributed by atoms with van der Waals surface area (Å²) in [5, 5.41) is 7.99. The Bertz CT molecular complexity index is 1040. The van der Waals surface area contributed by atoms with Gasteiger partial charge in [0, 0.05) is 38.1 Å². The molecule has 6 heteroatoms. The zero-order chi connectivity index (χ0) is 19.7. The second kappa shape index (κ2) is 10.9. The van der Waals surface area contributed by atoms with Crippen molar-refractivity contribution in [2.45, 2.75) is 0 Å². The molecule has 0 aliphatic heterocycles. The van der Waals surface area contributed by atoms with E-state index in [0.717, 1.165) is 16.8 Å². The van der Waals surface area contributed by atoms with Crippen molar-refractivity contribution >= 4 is 0 Å². The molecule has 0 aliphatic carbocycles. The van der Waals surface area contributed by atoms with Gasteiger partial charge in [-0.2, -0.15) is 0 Å². The second-order valence-corrected chi connectivity index (χ2v) is 5.98. The van der Waals surface area contributed by atoms with Crippen LogP contribution < -0.4 is 0 Å². The van der Waals surface area contributed by atoms with E-state index >= 15 is 0 Å². The average Bonchev–Trinajstić information content (AvgIpc) is 3.32. The van der Waals surface area contributed by atoms with E-state index in [1.54, 1.807) is 12.4 Å². The van der Waals surface area contributed by atoms with Gasteiger partial charge in [0.25, 0.3) is 5.89 Å². The molecule has 3 heterocycles. The third kappa shape index (κ3) is 5.54. The number of benzene rings is 2. The summed E-state index contributed by atoms with van der Waals surface area (Å²) in [5.41, 5.74) is 3.60. The molecule has 5 aromatic rings. The Kier molecular flexibility index (Phi) is 7.72. The van der Waals surface area contributed by atoms with E-state index in [1.807, 2.05) is 91.0 Å². The van der Waals surface area contributed by atoms with Gasteiger partial charge >= 0.3 is 0 Å². The van der Waals surface area contributed by atoms with Crippen LogP contribution >= 0.6 is 0 Å². The normalized spacial score (nSPS) is 9.73. The molecule has 0 fully saturated rings. The SMILES string of the molecule is [Ir].[c-]1ccccc1-c1ccccn1.c1ccc(-c2nnc(-c3ccccn3)o2)cc1. The first-order valence-corrected chi connectivity index (χ1v) is 9.08. The maximum atomic E-state index is 5.57. The fraction of sp³-hybridized carbons (Fsp3) is 0. The predicted octanol–water partition coefficient (Wildman–Crippen LogP) is 5.34. The fourth-order valence-electron chi connectivity index (χ4n) is 2.59. The molecule has 1 radical (unpaired) electrons. The Morgan fingerprint density at radius 3 is 1.87 bits per heavy atom. The van der Waals surface area contributed by atoms with Crippen LogP contribution in [-0.2, 0) is 20.1 Å². The molecular weight excluding hydrogens is 553 g/mol. The molecule has 2 aromatic carbocycles. The second-order valence-electron chi connectivity index (χ2n) is 5.98. The minimum Gasteiger partial charge on any atom is -0.415 e. The van der Waals surface area contributed by atoms with Crippen LogP contribution in [0, 0.1) is 6.07 Å². The van der Waals surface area contributed by atoms with E-state index in [0.29, 0.717) is 17.5 Å². The molecule has 0 N–H and O–H groups in total. The first-order chi connectivity index (χ1) is 14.4. The van der Waals surface area contributed by atoms with Gasteiger partial charge in [-0.25, -0.2) is 0 Å². The Hall–Kier alpha value is -3.47. The van der Waals surface area contributed by atoms with E-state index in [-0.39, 0.29) is 20.1 Å². The van der Waals surface area contributed by atoms with Crippen LogP contribution in [0.1, 0.15) is 0 Å². The maximum Gasteiger partial charge on any atom is 0.266 e. The molecular formula is C24H17IrN4O-. The van der Waals surface area contributed by atoms with Crippen LogP contribution in [0.4, 0.5) is 0 Å². The van der Waals surface area contributed by atoms with E-state index in [4.69, 9.17) is 4.42 Å². The summed E-state index contributed by atoms with van der Waals surface area (Å²) in [7, 11) is 0. The van der Waals surface area contributed by atoms with Crippen molar-refractivity contribution in [1.82, 2.24) is 20.2 Å². The van der Waals surface area contributed by atoms with Crippen LogP contribution in [0.3, 0.4) is 0 Å². The number of hydrogen-bond acceptors (Lipinski definition) is 5. The van der Waals surface area contributed by atoms with Crippen LogP contribution in [-0.4, -0.2) is 20.2 Å². The molecule has 0 unspecified atom stereocenters. The Labute approximate surface area is 188 Å². The van der Waals surface area contributed by atoms with Gasteiger partial charge in [0.05, 0.1) is 0 Å². The number of pyridine rings is 2. The van der Waals surface area contributed by atoms with Gasteiger partial charge in [-0.05, 0) is 36.0 Å². The fourth-order valence-corrected chi connectivity index (χ4v) is 2.59. The summed E-state index contributed by atoms with van der Waals surface area (Å²) in [6, 6.07) is 32.0. The topological polar surface area (TPSA) is 64.7 Å². The predicted molar refractivity (Wildman–Crippen MR) is 111 cm³/mol. The van der Waals surface area contributed by atoms with Crippen molar-refractivity contribution in [3.63, 3.8) is 0 Å². The van der Waals surface area contributed by atoms with Gasteiger partial charge in [0.15, 0.2) is 0 Å². The van der Waals surface area contributed by atoms with Crippen molar-refractivity contribution in [1.29, 1.82) is 0 Å². The number of rotatable bonds is 3. The molecule has 3 aromatic heterocycles. The van der Waals surface area contributed by atoms with Gasteiger partial charge in [-0.15, -0.1) is 46.1 Å². The molecule has 5 rings (SSSR count). The Balaban J connectivity index is 0.000000175. The van der Waals surface area contributed by atoms with Crippen LogP contribution in [0.2, 0.25) is 0 Å². The molecule has 0 atom stereocenters. The van der Waals surface area contributed by atoms with Crippen molar-refractivity contribution in [3.05, 3.63) is 109 Å². The number of hydrogen-bond donors (Lipinski definition) is 0. The monoisotopic (exact) mass is 570 g/mol. The third-order valence-electron chi connectivity index (χ3n) is 3.98. The zero-order valence-electron chi connectivity index (χ0n) is 15.8. The summed E-state index contributed by atoms with van der Waals surface area (Å²) in [6.07, 6.45) is 3.48. The molecule has 0 saturated carbocycles. The molecule has 0 spiro atoms. The van der Waals surface area contributed by atoms with Gasteiger partial charge in [-0.3, -0.25) is 4.98 Å². The molecule has 0 bridgehead atoms. The van der Waals surface area contributed by atoms with Crippen LogP contribution in [0.5, 0.6) is 0 Å². The van der Waals surface area contributed by atoms with Gasteiger partial charge in [-0.1, -0.05) is 36.4 Å². The molecule has 30 heavy (non-hydrogen) atoms. The molecule has 0 amide bonds. The van der Waals surface area contributed by atoms with Gasteiger partial charge in [0.1, 0.15) is 5.69 Å². The molecule has 0 saturated heterocycles. The zero-order valence-corrected chi connectivity index (χ0v) is 18.2. The number of aromatic nitrogens is 4. The van der Waals surface area contributed by atoms with Gasteiger partial charge in [0.2, 0.25) is 5.89 Å². The standard InChI is InChI=1S/C13H9N3O.C11H8N.Ir/c1-2-6-10(7-3-1)12-15-16-13(17-12)11-8-4-5-9-14-11;1-2-6-10(7-3-1)11-8-4-5-9-12-11;/h1-9H;1-6,8-9H;/q;-1;. The Morgan fingerprint density at radius 1 is 0.600 bits per heavy atom. The Morgan fingerprint density at radius 2 is 1.23 bits per heavy atom. The third-order valence-corrected chi connectivity index (χ3v) is 3.98. The summed E-state index contributed by atoms with van der Waals surface area (Å²) < 4.78 is 5.57. The van der Waals surface area contributed by atoms with Gasteiger partial charge < -0.3 is 9.40 Å². The molecule has 149 valence electrons. The van der Waals surface area contributed by atoms with Crippen LogP contribution in [0.25, 0.3) is 34.3 Å². The van der Waals surface area contributed by atoms with E-state index < -0.39 is 0 Å². The van der Waals surface area contributed by atoms with Crippen molar-refractivity contribution in [3.8, 4) is 34.3 Å². The quantitative estimate of drug-likeness (QED) is 0.275. The summed E-state index contributed by atoms with van der Waals surface area (Å²) >= 11 is 0. The van der Waals surface area contributed by atoms with Crippen LogP contribution in [0.15, 0.2) is 108 Å². The smallest absolute Gasteiger partial charge is 0.266 e. The molecule has 5 nitrogen and oxygen atoms in total. The minimum absolute atomic E-state index is 0. The summed E-state index contributed by atoms with van der Waals surface area (Å²) in [5.74, 6) is 0.940. The molecule has 0 aliphatic rings. The first-order valence-electron chi connectivity index (χ1n) is 9.08. The summed E-state index contributed by atoms with van der Waals surface area (Å²) in [4.78, 5) is 8.38. The largest absolute Gasteiger partial charge is 0.415 e. The summed E-state index contributed by atoms with van der Waals surface area (Å²) in [6.45, 7) is 0. The minimum atomic E-state index is 0. The maximum absolute atomic E-state index is 5.57. The van der Waals surface area contributed by atoms with E-state index in [9.17, 15) is 0 Å². The average molecular weight is 570 g/mol. The van der Waals surface area contributed by atoms with E-state index in [1.165, 1.54) is 0 Å². The number of nitrogens with zero attached hydrogens (tertiary/aromatic N) is 4.